The van der Waals surface area contributed by atoms with E-state index in [4.69, 9.17) is 28.4 Å². The number of hydrogen-bond donors (Lipinski definition) is 0. The Morgan fingerprint density at radius 3 is 1.25 bits per heavy atom. The summed E-state index contributed by atoms with van der Waals surface area (Å²) >= 11 is 6.93. The first kappa shape index (κ1) is 52.5. The van der Waals surface area contributed by atoms with Crippen molar-refractivity contribution in [1.82, 2.24) is 0 Å². The van der Waals surface area contributed by atoms with Crippen LogP contribution >= 0.6 is 31.9 Å². The third-order valence-electron chi connectivity index (χ3n) is 9.66. The fourth-order valence-electron chi connectivity index (χ4n) is 6.81. The second-order valence-electron chi connectivity index (χ2n) is 15.4. The van der Waals surface area contributed by atoms with E-state index in [0.717, 1.165) is 23.3 Å². The SMILES string of the molecule is CCOC(Cc1ccc(OCCCc2ccc(-c3ccc(CCCOc4ccc(C[C@H](OCC)C(=O)OC(C)C)cc4Br)c(C(F)(F)F)c3)cc2C(F)(F)F)c(Br)c1)C(=O)OC(C)C. The van der Waals surface area contributed by atoms with E-state index in [0.29, 0.717) is 33.7 Å². The molecule has 0 radical (unpaired) electrons. The van der Waals surface area contributed by atoms with Gasteiger partial charge in [0, 0.05) is 26.1 Å². The Morgan fingerprint density at radius 2 is 0.938 bits per heavy atom. The molecule has 0 bridgehead atoms. The van der Waals surface area contributed by atoms with Crippen LogP contribution in [0.1, 0.15) is 87.8 Å². The molecule has 1 unspecified atom stereocenters. The molecule has 0 fully saturated rings. The first-order valence-electron chi connectivity index (χ1n) is 21.1. The van der Waals surface area contributed by atoms with Gasteiger partial charge in [0.05, 0.1) is 45.5 Å². The van der Waals surface area contributed by atoms with Gasteiger partial charge in [-0.3, -0.25) is 0 Å². The molecule has 4 aromatic rings. The maximum Gasteiger partial charge on any atom is 0.416 e. The lowest BCUT2D eigenvalue weighted by molar-refractivity contribution is -0.161. The van der Waals surface area contributed by atoms with Gasteiger partial charge in [-0.25, -0.2) is 9.59 Å². The Labute approximate surface area is 387 Å². The Kier molecular flexibility index (Phi) is 20.0. The summed E-state index contributed by atoms with van der Waals surface area (Å²) in [5.74, 6) is -0.0216. The number of carbonyl (C=O) groups excluding carboxylic acids is 2. The molecule has 0 saturated heterocycles. The fraction of sp³-hybridized carbons (Fsp3) is 0.458. The van der Waals surface area contributed by atoms with Crippen molar-refractivity contribution in [3.8, 4) is 22.6 Å². The largest absolute Gasteiger partial charge is 0.492 e. The molecule has 0 heterocycles. The van der Waals surface area contributed by atoms with Gasteiger partial charge in [-0.1, -0.05) is 36.4 Å². The van der Waals surface area contributed by atoms with Gasteiger partial charge in [-0.15, -0.1) is 0 Å². The average Bonchev–Trinajstić information content (AvgIpc) is 3.21. The van der Waals surface area contributed by atoms with Crippen molar-refractivity contribution in [3.05, 3.63) is 115 Å². The van der Waals surface area contributed by atoms with E-state index in [-0.39, 0.29) is 86.2 Å². The van der Waals surface area contributed by atoms with Crippen LogP contribution in [0, 0.1) is 0 Å². The summed E-state index contributed by atoms with van der Waals surface area (Å²) in [5.41, 5.74) is -0.351. The van der Waals surface area contributed by atoms with Crippen molar-refractivity contribution >= 4 is 43.8 Å². The minimum Gasteiger partial charge on any atom is -0.492 e. The van der Waals surface area contributed by atoms with Gasteiger partial charge in [0.25, 0.3) is 0 Å². The van der Waals surface area contributed by atoms with Crippen LogP contribution in [0.5, 0.6) is 11.5 Å². The highest BCUT2D eigenvalue weighted by Gasteiger charge is 2.35. The number of ether oxygens (including phenoxy) is 6. The van der Waals surface area contributed by atoms with Crippen LogP contribution in [-0.4, -0.2) is 62.8 Å². The molecule has 0 saturated carbocycles. The van der Waals surface area contributed by atoms with E-state index < -0.39 is 47.6 Å². The average molecular weight is 1030 g/mol. The zero-order chi connectivity index (χ0) is 47.2. The van der Waals surface area contributed by atoms with E-state index >= 15 is 0 Å². The molecule has 2 atom stereocenters. The maximum absolute atomic E-state index is 14.4. The van der Waals surface area contributed by atoms with E-state index in [1.165, 1.54) is 24.3 Å². The van der Waals surface area contributed by atoms with Crippen molar-refractivity contribution in [3.63, 3.8) is 0 Å². The topological polar surface area (TPSA) is 89.5 Å². The van der Waals surface area contributed by atoms with Gasteiger partial charge < -0.3 is 28.4 Å². The smallest absolute Gasteiger partial charge is 0.416 e. The molecule has 0 amide bonds. The molecule has 4 aromatic carbocycles. The van der Waals surface area contributed by atoms with Gasteiger partial charge in [-0.2, -0.15) is 26.3 Å². The minimum absolute atomic E-state index is 0.00142. The number of hydrogen-bond acceptors (Lipinski definition) is 8. The van der Waals surface area contributed by atoms with Crippen LogP contribution in [0.25, 0.3) is 11.1 Å². The Balaban J connectivity index is 1.38. The molecule has 0 spiro atoms. The van der Waals surface area contributed by atoms with Crippen LogP contribution in [0.4, 0.5) is 26.3 Å². The summed E-state index contributed by atoms with van der Waals surface area (Å²) in [6.07, 6.45) is -10.7. The number of carbonyl (C=O) groups is 2. The van der Waals surface area contributed by atoms with Crippen molar-refractivity contribution in [2.24, 2.45) is 0 Å². The second-order valence-corrected chi connectivity index (χ2v) is 17.1. The van der Waals surface area contributed by atoms with E-state index in [1.54, 1.807) is 77.9 Å². The normalized spacial score (nSPS) is 12.9. The number of benzene rings is 4. The van der Waals surface area contributed by atoms with Crippen LogP contribution in [0.15, 0.2) is 81.7 Å². The highest BCUT2D eigenvalue weighted by Crippen LogP contribution is 2.39. The molecule has 0 N–H and O–H groups in total. The number of aryl methyl sites for hydroxylation is 2. The van der Waals surface area contributed by atoms with E-state index in [1.807, 2.05) is 0 Å². The standard InChI is InChI=1S/C48H54Br2F6O8/c1-7-59-43(45(57)63-29(3)4)25-31-13-19-41(39(49)23-31)61-21-9-11-33-15-17-35(27-37(33)47(51,52)53)36-18-16-34(38(28-36)48(54,55)56)12-10-22-62-42-20-14-32(24-40(42)50)26-44(60-8-2)46(58)64-30(5)6/h13-20,23-24,27-30,43-44H,7-12,21-22,25-26H2,1-6H3/t43-,44?/m0/s1. The Morgan fingerprint density at radius 1 is 0.562 bits per heavy atom. The van der Waals surface area contributed by atoms with E-state index in [9.17, 15) is 35.9 Å². The molecule has 4 rings (SSSR count). The van der Waals surface area contributed by atoms with Gasteiger partial charge in [0.2, 0.25) is 0 Å². The molecule has 350 valence electrons. The second kappa shape index (κ2) is 24.4. The van der Waals surface area contributed by atoms with Gasteiger partial charge >= 0.3 is 24.3 Å². The zero-order valence-corrected chi connectivity index (χ0v) is 39.8. The Hall–Kier alpha value is -4.12. The lowest BCUT2D eigenvalue weighted by atomic mass is 9.93. The minimum atomic E-state index is -4.76. The highest BCUT2D eigenvalue weighted by atomic mass is 79.9. The molecule has 0 aliphatic carbocycles. The highest BCUT2D eigenvalue weighted by molar-refractivity contribution is 9.11. The zero-order valence-electron chi connectivity index (χ0n) is 36.6. The molecule has 0 aliphatic heterocycles. The lowest BCUT2D eigenvalue weighted by Gasteiger charge is -2.18. The molecule has 64 heavy (non-hydrogen) atoms. The summed E-state index contributed by atoms with van der Waals surface area (Å²) in [6, 6.07) is 17.6. The summed E-state index contributed by atoms with van der Waals surface area (Å²) in [6.45, 7) is 11.4. The monoisotopic (exact) mass is 1030 g/mol. The van der Waals surface area contributed by atoms with Crippen molar-refractivity contribution in [2.75, 3.05) is 26.4 Å². The van der Waals surface area contributed by atoms with Crippen molar-refractivity contribution in [2.45, 2.75) is 117 Å². The number of esters is 2. The van der Waals surface area contributed by atoms with Crippen LogP contribution in [0.2, 0.25) is 0 Å². The molecule has 16 heteroatoms. The maximum atomic E-state index is 14.4. The third-order valence-corrected chi connectivity index (χ3v) is 10.9. The molecule has 8 nitrogen and oxygen atoms in total. The molecule has 0 aromatic heterocycles. The summed E-state index contributed by atoms with van der Waals surface area (Å²) in [5, 5.41) is 0. The molecular weight excluding hydrogens is 978 g/mol. The number of alkyl halides is 6. The van der Waals surface area contributed by atoms with Gasteiger partial charge in [0.15, 0.2) is 12.2 Å². The predicted octanol–water partition coefficient (Wildman–Crippen LogP) is 12.7. The lowest BCUT2D eigenvalue weighted by Crippen LogP contribution is -2.30. The van der Waals surface area contributed by atoms with Gasteiger partial charge in [0.1, 0.15) is 11.5 Å². The summed E-state index contributed by atoms with van der Waals surface area (Å²) < 4.78 is 121. The Bertz CT molecular complexity index is 2010. The van der Waals surface area contributed by atoms with Crippen LogP contribution in [0.3, 0.4) is 0 Å². The third kappa shape index (κ3) is 16.1. The molecular formula is C48H54Br2F6O8. The summed E-state index contributed by atoms with van der Waals surface area (Å²) in [7, 11) is 0. The van der Waals surface area contributed by atoms with Crippen molar-refractivity contribution in [1.29, 1.82) is 0 Å². The quantitative estimate of drug-likeness (QED) is 0.0412. The van der Waals surface area contributed by atoms with Crippen LogP contribution < -0.4 is 9.47 Å². The number of rotatable bonds is 23. The number of halogens is 8. The first-order valence-corrected chi connectivity index (χ1v) is 22.7. The predicted molar refractivity (Wildman–Crippen MR) is 238 cm³/mol. The van der Waals surface area contributed by atoms with Gasteiger partial charge in [-0.05, 0) is 169 Å². The van der Waals surface area contributed by atoms with Crippen molar-refractivity contribution < 1.29 is 64.4 Å². The van der Waals surface area contributed by atoms with Crippen LogP contribution in [-0.2, 0) is 66.6 Å². The van der Waals surface area contributed by atoms with E-state index in [2.05, 4.69) is 31.9 Å². The fourth-order valence-corrected chi connectivity index (χ4v) is 7.89. The molecule has 0 aliphatic rings. The first-order chi connectivity index (χ1) is 30.2. The summed E-state index contributed by atoms with van der Waals surface area (Å²) in [4.78, 5) is 24.9.